The van der Waals surface area contributed by atoms with E-state index in [4.69, 9.17) is 9.68 Å². The molecule has 2 heterocycles. The largest absolute Gasteiger partial charge is 0.455 e. The number of rotatable bonds is 12. The van der Waals surface area contributed by atoms with Crippen LogP contribution in [0.2, 0.25) is 0 Å². The highest BCUT2D eigenvalue weighted by Gasteiger charge is 2.45. The summed E-state index contributed by atoms with van der Waals surface area (Å²) in [6, 6.07) is -0.642. The minimum Gasteiger partial charge on any atom is -0.455 e. The standard InChI is InChI=1S/C28H28F5N7O3/c1-15-20-10-18(29)11-21(30)23(20)43-22(15)24(28(31,32)33)40-27(42)39-19-13-37-26(38-14-19)36-8-4-2-3-7-35-25(41)17(12-34)9-16-5-6-16/h9-11,13-14,16,24H,2-8H2,1H3,(H,35,41)(H,36,37,38)(H2,39,40,42)/b17-9+/t24-/m1/s1. The molecule has 0 unspecified atom stereocenters. The van der Waals surface area contributed by atoms with Crippen molar-refractivity contribution in [2.75, 3.05) is 23.7 Å². The third-order valence-corrected chi connectivity index (χ3v) is 6.58. The molecule has 1 aliphatic rings. The summed E-state index contributed by atoms with van der Waals surface area (Å²) in [5.74, 6) is -2.75. The first-order valence-electron chi connectivity index (χ1n) is 13.4. The van der Waals surface area contributed by atoms with E-state index < -0.39 is 41.2 Å². The molecule has 228 valence electrons. The van der Waals surface area contributed by atoms with E-state index in [0.717, 1.165) is 31.7 Å². The maximum atomic E-state index is 14.1. The zero-order valence-corrected chi connectivity index (χ0v) is 22.9. The van der Waals surface area contributed by atoms with Gasteiger partial charge in [-0.25, -0.2) is 23.5 Å². The zero-order valence-electron chi connectivity index (χ0n) is 22.9. The lowest BCUT2D eigenvalue weighted by Crippen LogP contribution is -2.40. The monoisotopic (exact) mass is 605 g/mol. The Labute approximate surface area is 242 Å². The third kappa shape index (κ3) is 8.40. The second-order valence-corrected chi connectivity index (χ2v) is 10.00. The zero-order chi connectivity index (χ0) is 31.1. The molecular weight excluding hydrogens is 577 g/mol. The molecule has 1 atom stereocenters. The van der Waals surface area contributed by atoms with Gasteiger partial charge in [-0.1, -0.05) is 6.08 Å². The van der Waals surface area contributed by atoms with Crippen molar-refractivity contribution in [2.45, 2.75) is 51.2 Å². The molecule has 4 rings (SSSR count). The van der Waals surface area contributed by atoms with E-state index in [9.17, 15) is 31.5 Å². The van der Waals surface area contributed by atoms with E-state index in [1.165, 1.54) is 19.3 Å². The number of nitrogens with zero attached hydrogens (tertiary/aromatic N) is 3. The average Bonchev–Trinajstić information content (AvgIpc) is 3.72. The van der Waals surface area contributed by atoms with E-state index in [0.29, 0.717) is 31.5 Å². The Bertz CT molecular complexity index is 1540. The highest BCUT2D eigenvalue weighted by Crippen LogP contribution is 2.39. The molecule has 0 bridgehead atoms. The molecule has 10 nitrogen and oxygen atoms in total. The summed E-state index contributed by atoms with van der Waals surface area (Å²) in [4.78, 5) is 32.4. The normalized spacial score (nSPS) is 14.2. The number of aromatic nitrogens is 2. The number of nitrogens with one attached hydrogen (secondary N) is 4. The summed E-state index contributed by atoms with van der Waals surface area (Å²) < 4.78 is 74.3. The van der Waals surface area contributed by atoms with Crippen molar-refractivity contribution in [1.29, 1.82) is 5.26 Å². The Hall–Kier alpha value is -4.74. The van der Waals surface area contributed by atoms with E-state index >= 15 is 0 Å². The highest BCUT2D eigenvalue weighted by atomic mass is 19.4. The van der Waals surface area contributed by atoms with E-state index in [1.807, 2.05) is 6.07 Å². The Morgan fingerprint density at radius 1 is 1.14 bits per heavy atom. The van der Waals surface area contributed by atoms with Crippen LogP contribution in [0.25, 0.3) is 11.0 Å². The summed E-state index contributed by atoms with van der Waals surface area (Å²) in [7, 11) is 0. The maximum absolute atomic E-state index is 14.1. The fraction of sp³-hybridized carbons (Fsp3) is 0.393. The number of anilines is 2. The van der Waals surface area contributed by atoms with Gasteiger partial charge in [0.1, 0.15) is 23.2 Å². The number of amides is 3. The van der Waals surface area contributed by atoms with Gasteiger partial charge in [0.2, 0.25) is 5.95 Å². The predicted molar refractivity (Wildman–Crippen MR) is 146 cm³/mol. The first kappa shape index (κ1) is 31.2. The van der Waals surface area contributed by atoms with Crippen LogP contribution in [0, 0.1) is 35.8 Å². The van der Waals surface area contributed by atoms with Crippen LogP contribution in [0.15, 0.2) is 40.6 Å². The number of carbonyl (C=O) groups excluding carboxylic acids is 2. The summed E-state index contributed by atoms with van der Waals surface area (Å²) in [5, 5.41) is 18.6. The molecular formula is C28H28F5N7O3. The lowest BCUT2D eigenvalue weighted by molar-refractivity contribution is -0.158. The number of allylic oxidation sites excluding steroid dienone is 1. The quantitative estimate of drug-likeness (QED) is 0.0885. The van der Waals surface area contributed by atoms with Gasteiger partial charge in [-0.15, -0.1) is 0 Å². The number of fused-ring (bicyclic) bond motifs is 1. The van der Waals surface area contributed by atoms with Gasteiger partial charge in [0.05, 0.1) is 18.1 Å². The highest BCUT2D eigenvalue weighted by molar-refractivity contribution is 5.97. The molecule has 43 heavy (non-hydrogen) atoms. The first-order valence-corrected chi connectivity index (χ1v) is 13.4. The Morgan fingerprint density at radius 3 is 2.49 bits per heavy atom. The van der Waals surface area contributed by atoms with E-state index in [2.05, 4.69) is 25.9 Å². The maximum Gasteiger partial charge on any atom is 0.416 e. The van der Waals surface area contributed by atoms with Crippen molar-refractivity contribution in [1.82, 2.24) is 20.6 Å². The molecule has 4 N–H and O–H groups in total. The van der Waals surface area contributed by atoms with Crippen LogP contribution in [-0.2, 0) is 4.79 Å². The van der Waals surface area contributed by atoms with Crippen LogP contribution in [0.4, 0.5) is 38.4 Å². The minimum atomic E-state index is -5.02. The van der Waals surface area contributed by atoms with Crippen LogP contribution in [0.3, 0.4) is 0 Å². The minimum absolute atomic E-state index is 0.00151. The van der Waals surface area contributed by atoms with E-state index in [1.54, 1.807) is 11.4 Å². The molecule has 1 saturated carbocycles. The molecule has 2 aromatic heterocycles. The van der Waals surface area contributed by atoms with Gasteiger partial charge in [0, 0.05) is 30.1 Å². The van der Waals surface area contributed by atoms with Crippen LogP contribution in [-0.4, -0.2) is 41.2 Å². The van der Waals surface area contributed by atoms with Gasteiger partial charge in [-0.3, -0.25) is 4.79 Å². The van der Waals surface area contributed by atoms with Crippen LogP contribution >= 0.6 is 0 Å². The lowest BCUT2D eigenvalue weighted by Gasteiger charge is -2.20. The number of alkyl halides is 3. The molecule has 0 saturated heterocycles. The number of unbranched alkanes of at least 4 members (excludes halogenated alkanes) is 2. The molecule has 1 aliphatic carbocycles. The number of nitriles is 1. The predicted octanol–water partition coefficient (Wildman–Crippen LogP) is 5.79. The van der Waals surface area contributed by atoms with Crippen molar-refractivity contribution < 1.29 is 36.0 Å². The molecule has 1 fully saturated rings. The molecule has 15 heteroatoms. The third-order valence-electron chi connectivity index (χ3n) is 6.58. The first-order chi connectivity index (χ1) is 20.5. The number of urea groups is 1. The Kier molecular flexibility index (Phi) is 9.79. The van der Waals surface area contributed by atoms with Crippen LogP contribution in [0.5, 0.6) is 0 Å². The SMILES string of the molecule is Cc1c([C@@H](NC(=O)Nc2cnc(NCCCCCNC(=O)/C(C#N)=C/C3CC3)nc2)C(F)(F)F)oc2c(F)cc(F)cc12. The van der Waals surface area contributed by atoms with Crippen LogP contribution < -0.4 is 21.3 Å². The van der Waals surface area contributed by atoms with E-state index in [-0.39, 0.29) is 34.1 Å². The molecule has 1 aromatic carbocycles. The van der Waals surface area contributed by atoms with Gasteiger partial charge >= 0.3 is 12.2 Å². The van der Waals surface area contributed by atoms with Crippen LogP contribution in [0.1, 0.15) is 49.5 Å². The van der Waals surface area contributed by atoms with Crippen molar-refractivity contribution in [3.8, 4) is 6.07 Å². The smallest absolute Gasteiger partial charge is 0.416 e. The number of hydrogen-bond donors (Lipinski definition) is 4. The average molecular weight is 606 g/mol. The Morgan fingerprint density at radius 2 is 1.84 bits per heavy atom. The number of benzene rings is 1. The summed E-state index contributed by atoms with van der Waals surface area (Å²) in [5.41, 5.74) is -0.581. The molecule has 3 aromatic rings. The number of carbonyl (C=O) groups is 2. The van der Waals surface area contributed by atoms with Crippen molar-refractivity contribution in [2.24, 2.45) is 5.92 Å². The fourth-order valence-corrected chi connectivity index (χ4v) is 4.20. The molecule has 0 radical (unpaired) electrons. The Balaban J connectivity index is 1.22. The summed E-state index contributed by atoms with van der Waals surface area (Å²) >= 11 is 0. The van der Waals surface area contributed by atoms with Gasteiger partial charge < -0.3 is 25.7 Å². The van der Waals surface area contributed by atoms with Gasteiger partial charge in [-0.05, 0) is 51.0 Å². The van der Waals surface area contributed by atoms with Crippen molar-refractivity contribution in [3.63, 3.8) is 0 Å². The van der Waals surface area contributed by atoms with Crippen molar-refractivity contribution in [3.05, 3.63) is 59.1 Å². The molecule has 0 spiro atoms. The van der Waals surface area contributed by atoms with Gasteiger partial charge in [-0.2, -0.15) is 18.4 Å². The number of halogens is 5. The second kappa shape index (κ2) is 13.5. The van der Waals surface area contributed by atoms with Gasteiger partial charge in [0.15, 0.2) is 17.4 Å². The van der Waals surface area contributed by atoms with Crippen molar-refractivity contribution >= 4 is 34.5 Å². The number of furan rings is 1. The summed E-state index contributed by atoms with van der Waals surface area (Å²) in [6.45, 7) is 2.14. The summed E-state index contributed by atoms with van der Waals surface area (Å²) in [6.07, 6.45) is 3.29. The number of aryl methyl sites for hydroxylation is 1. The topological polar surface area (TPSA) is 145 Å². The molecule has 3 amide bonds. The number of hydrogen-bond acceptors (Lipinski definition) is 7. The molecule has 0 aliphatic heterocycles. The second-order valence-electron chi connectivity index (χ2n) is 10.00. The fourth-order valence-electron chi connectivity index (χ4n) is 4.20. The lowest BCUT2D eigenvalue weighted by atomic mass is 10.1. The van der Waals surface area contributed by atoms with Gasteiger partial charge in [0.25, 0.3) is 5.91 Å².